The second-order valence-corrected chi connectivity index (χ2v) is 6.90. The van der Waals surface area contributed by atoms with Gasteiger partial charge in [-0.25, -0.2) is 9.59 Å². The second-order valence-electron chi connectivity index (χ2n) is 5.49. The van der Waals surface area contributed by atoms with E-state index in [-0.39, 0.29) is 0 Å². The number of ether oxygens (including phenoxy) is 2. The lowest BCUT2D eigenvalue weighted by Crippen LogP contribution is -2.28. The van der Waals surface area contributed by atoms with Crippen LogP contribution in [0.4, 0.5) is 5.69 Å². The van der Waals surface area contributed by atoms with Crippen molar-refractivity contribution >= 4 is 40.6 Å². The summed E-state index contributed by atoms with van der Waals surface area (Å²) in [6, 6.07) is 10.8. The summed E-state index contributed by atoms with van der Waals surface area (Å²) < 4.78 is 9.91. The number of carbonyl (C=O) groups excluding carboxylic acids is 2. The van der Waals surface area contributed by atoms with E-state index in [0.717, 1.165) is 4.88 Å². The van der Waals surface area contributed by atoms with Gasteiger partial charge in [0.1, 0.15) is 0 Å². The topological polar surface area (TPSA) is 55.8 Å². The maximum Gasteiger partial charge on any atom is 0.336 e. The molecule has 2 heterocycles. The molecule has 2 aromatic rings. The van der Waals surface area contributed by atoms with E-state index >= 15 is 0 Å². The summed E-state index contributed by atoms with van der Waals surface area (Å²) in [6.45, 7) is 0. The summed E-state index contributed by atoms with van der Waals surface area (Å²) in [5.74, 6) is -1.57. The van der Waals surface area contributed by atoms with Crippen molar-refractivity contribution in [1.29, 1.82) is 0 Å². The maximum absolute atomic E-state index is 12.5. The van der Waals surface area contributed by atoms with Crippen molar-refractivity contribution in [3.05, 3.63) is 75.2 Å². The molecule has 0 radical (unpaired) electrons. The molecule has 1 aliphatic heterocycles. The average molecular weight is 390 g/mol. The Hall–Kier alpha value is -2.57. The molecule has 0 fully saturated rings. The predicted octanol–water partition coefficient (Wildman–Crippen LogP) is 4.12. The second kappa shape index (κ2) is 7.76. The van der Waals surface area contributed by atoms with Gasteiger partial charge in [0.2, 0.25) is 0 Å². The molecular formula is C19H16ClNO4S. The molecule has 0 atom stereocenters. The van der Waals surface area contributed by atoms with Crippen LogP contribution in [0.25, 0.3) is 0 Å². The third-order valence-electron chi connectivity index (χ3n) is 3.95. The molecular weight excluding hydrogens is 374 g/mol. The Bertz CT molecular complexity index is 855. The Balaban J connectivity index is 2.16. The highest BCUT2D eigenvalue weighted by molar-refractivity contribution is 7.10. The van der Waals surface area contributed by atoms with Crippen molar-refractivity contribution in [3.63, 3.8) is 0 Å². The summed E-state index contributed by atoms with van der Waals surface area (Å²) in [5, 5.41) is 2.44. The number of carbonyl (C=O) groups is 2. The third kappa shape index (κ3) is 3.52. The first-order valence-electron chi connectivity index (χ1n) is 7.72. The Labute approximate surface area is 160 Å². The molecule has 1 aliphatic rings. The Morgan fingerprint density at radius 1 is 1.04 bits per heavy atom. The SMILES string of the molecule is COC(=O)C1=CN(c2cccc(Cl)c2)C=C(C(=O)OC)C1c1cccs1. The molecule has 0 N–H and O–H groups in total. The summed E-state index contributed by atoms with van der Waals surface area (Å²) in [4.78, 5) is 27.4. The first-order valence-corrected chi connectivity index (χ1v) is 8.98. The maximum atomic E-state index is 12.5. The highest BCUT2D eigenvalue weighted by Crippen LogP contribution is 2.40. The van der Waals surface area contributed by atoms with Crippen LogP contribution in [-0.4, -0.2) is 26.2 Å². The van der Waals surface area contributed by atoms with E-state index < -0.39 is 17.9 Å². The van der Waals surface area contributed by atoms with E-state index in [1.54, 1.807) is 35.5 Å². The van der Waals surface area contributed by atoms with E-state index in [1.165, 1.54) is 25.6 Å². The Morgan fingerprint density at radius 3 is 2.19 bits per heavy atom. The number of esters is 2. The number of nitrogens with zero attached hydrogens (tertiary/aromatic N) is 1. The quantitative estimate of drug-likeness (QED) is 0.736. The van der Waals surface area contributed by atoms with Crippen molar-refractivity contribution < 1.29 is 19.1 Å². The van der Waals surface area contributed by atoms with Gasteiger partial charge in [-0.1, -0.05) is 23.7 Å². The van der Waals surface area contributed by atoms with Crippen LogP contribution in [0.15, 0.2) is 65.3 Å². The molecule has 7 heteroatoms. The van der Waals surface area contributed by atoms with Gasteiger partial charge in [-0.2, -0.15) is 0 Å². The smallest absolute Gasteiger partial charge is 0.336 e. The summed E-state index contributed by atoms with van der Waals surface area (Å²) >= 11 is 7.53. The number of hydrogen-bond acceptors (Lipinski definition) is 6. The van der Waals surface area contributed by atoms with Crippen LogP contribution in [0.1, 0.15) is 10.8 Å². The molecule has 3 rings (SSSR count). The van der Waals surface area contributed by atoms with Gasteiger partial charge in [0.15, 0.2) is 0 Å². The predicted molar refractivity (Wildman–Crippen MR) is 101 cm³/mol. The van der Waals surface area contributed by atoms with E-state index in [1.807, 2.05) is 23.6 Å². The number of thiophene rings is 1. The lowest BCUT2D eigenvalue weighted by atomic mass is 9.88. The van der Waals surface area contributed by atoms with Gasteiger partial charge in [-0.15, -0.1) is 11.3 Å². The number of methoxy groups -OCH3 is 2. The van der Waals surface area contributed by atoms with Crippen LogP contribution in [-0.2, 0) is 19.1 Å². The first kappa shape index (κ1) is 18.2. The zero-order valence-corrected chi connectivity index (χ0v) is 15.7. The van der Waals surface area contributed by atoms with Crippen LogP contribution >= 0.6 is 22.9 Å². The summed E-state index contributed by atoms with van der Waals surface area (Å²) in [6.07, 6.45) is 3.32. The van der Waals surface area contributed by atoms with Crippen molar-refractivity contribution in [3.8, 4) is 0 Å². The normalized spacial score (nSPS) is 14.5. The molecule has 0 unspecified atom stereocenters. The van der Waals surface area contributed by atoms with Gasteiger partial charge in [-0.3, -0.25) is 0 Å². The van der Waals surface area contributed by atoms with E-state index in [2.05, 4.69) is 0 Å². The van der Waals surface area contributed by atoms with Crippen molar-refractivity contribution in [2.24, 2.45) is 0 Å². The molecule has 0 saturated carbocycles. The highest BCUT2D eigenvalue weighted by atomic mass is 35.5. The van der Waals surface area contributed by atoms with Gasteiger partial charge < -0.3 is 14.4 Å². The van der Waals surface area contributed by atoms with Crippen molar-refractivity contribution in [1.82, 2.24) is 0 Å². The minimum Gasteiger partial charge on any atom is -0.466 e. The van der Waals surface area contributed by atoms with E-state index in [0.29, 0.717) is 21.9 Å². The van der Waals surface area contributed by atoms with Gasteiger partial charge in [-0.05, 0) is 29.6 Å². The minimum atomic E-state index is -0.551. The monoisotopic (exact) mass is 389 g/mol. The van der Waals surface area contributed by atoms with Crippen molar-refractivity contribution in [2.75, 3.05) is 19.1 Å². The molecule has 0 amide bonds. The molecule has 0 aliphatic carbocycles. The largest absolute Gasteiger partial charge is 0.466 e. The first-order chi connectivity index (χ1) is 12.5. The molecule has 0 saturated heterocycles. The number of halogens is 1. The molecule has 0 spiro atoms. The molecule has 0 bridgehead atoms. The number of benzene rings is 1. The fourth-order valence-electron chi connectivity index (χ4n) is 2.78. The van der Waals surface area contributed by atoms with Crippen molar-refractivity contribution in [2.45, 2.75) is 5.92 Å². The number of rotatable bonds is 4. The standard InChI is InChI=1S/C19H16ClNO4S/c1-24-18(22)14-10-21(13-6-3-5-12(20)9-13)11-15(19(23)25-2)17(14)16-7-4-8-26-16/h3-11,17H,1-2H3. The van der Waals surface area contributed by atoms with Crippen LogP contribution < -0.4 is 4.90 Å². The highest BCUT2D eigenvalue weighted by Gasteiger charge is 2.36. The molecule has 134 valence electrons. The van der Waals surface area contributed by atoms with Gasteiger partial charge >= 0.3 is 11.9 Å². The van der Waals surface area contributed by atoms with Crippen LogP contribution in [0.5, 0.6) is 0 Å². The van der Waals surface area contributed by atoms with Crippen LogP contribution in [0.3, 0.4) is 0 Å². The van der Waals surface area contributed by atoms with E-state index in [4.69, 9.17) is 21.1 Å². The average Bonchev–Trinajstić information content (AvgIpc) is 3.20. The molecule has 26 heavy (non-hydrogen) atoms. The molecule has 5 nitrogen and oxygen atoms in total. The van der Waals surface area contributed by atoms with Gasteiger partial charge in [0.05, 0.1) is 31.3 Å². The zero-order valence-electron chi connectivity index (χ0n) is 14.1. The lowest BCUT2D eigenvalue weighted by molar-refractivity contribution is -0.137. The van der Waals surface area contributed by atoms with Gasteiger partial charge in [0, 0.05) is 28.0 Å². The summed E-state index contributed by atoms with van der Waals surface area (Å²) in [5.41, 5.74) is 1.40. The third-order valence-corrected chi connectivity index (χ3v) is 5.13. The molecule has 1 aromatic carbocycles. The van der Waals surface area contributed by atoms with E-state index in [9.17, 15) is 9.59 Å². The number of anilines is 1. The fourth-order valence-corrected chi connectivity index (χ4v) is 3.82. The van der Waals surface area contributed by atoms with Crippen LogP contribution in [0, 0.1) is 0 Å². The van der Waals surface area contributed by atoms with Crippen LogP contribution in [0.2, 0.25) is 5.02 Å². The number of hydrogen-bond donors (Lipinski definition) is 0. The fraction of sp³-hybridized carbons (Fsp3) is 0.158. The van der Waals surface area contributed by atoms with Gasteiger partial charge in [0.25, 0.3) is 0 Å². The Morgan fingerprint density at radius 2 is 1.69 bits per heavy atom. The summed E-state index contributed by atoms with van der Waals surface area (Å²) in [7, 11) is 2.63. The minimum absolute atomic E-state index is 0.345. The zero-order chi connectivity index (χ0) is 18.7. The Kier molecular flexibility index (Phi) is 5.44. The molecule has 1 aromatic heterocycles. The lowest BCUT2D eigenvalue weighted by Gasteiger charge is -2.29.